The van der Waals surface area contributed by atoms with Gasteiger partial charge in [0.2, 0.25) is 5.91 Å². The van der Waals surface area contributed by atoms with Crippen LogP contribution >= 0.6 is 0 Å². The third-order valence-corrected chi connectivity index (χ3v) is 2.38. The summed E-state index contributed by atoms with van der Waals surface area (Å²) in [6.45, 7) is 0. The Morgan fingerprint density at radius 2 is 2.33 bits per heavy atom. The number of methoxy groups -OCH3 is 1. The van der Waals surface area contributed by atoms with Gasteiger partial charge in [-0.05, 0) is 22.6 Å². The number of carbonyl (C=O) groups is 1. The molecule has 0 aliphatic carbocycles. The highest BCUT2D eigenvalue weighted by Crippen LogP contribution is 2.16. The van der Waals surface area contributed by atoms with Gasteiger partial charge in [0.25, 0.3) is 0 Å². The number of tetrazole rings is 1. The second kappa shape index (κ2) is 5.26. The molecule has 0 fully saturated rings. The molecule has 0 saturated heterocycles. The maximum Gasteiger partial charge on any atom is 0.232 e. The minimum atomic E-state index is -0.179. The van der Waals surface area contributed by atoms with E-state index in [4.69, 9.17) is 4.74 Å². The van der Waals surface area contributed by atoms with Gasteiger partial charge in [0, 0.05) is 18.8 Å². The summed E-state index contributed by atoms with van der Waals surface area (Å²) in [5.74, 6) is 1.02. The molecule has 0 radical (unpaired) electrons. The number of benzene rings is 1. The largest absolute Gasteiger partial charge is 0.497 e. The van der Waals surface area contributed by atoms with Crippen molar-refractivity contribution < 1.29 is 9.53 Å². The van der Waals surface area contributed by atoms with E-state index in [2.05, 4.69) is 20.8 Å². The highest BCUT2D eigenvalue weighted by atomic mass is 16.5. The molecule has 0 spiro atoms. The van der Waals surface area contributed by atoms with Gasteiger partial charge in [-0.2, -0.15) is 0 Å². The quantitative estimate of drug-likeness (QED) is 0.845. The Kier molecular flexibility index (Phi) is 3.52. The van der Waals surface area contributed by atoms with Crippen molar-refractivity contribution in [1.29, 1.82) is 0 Å². The molecule has 0 saturated carbocycles. The Morgan fingerprint density at radius 3 is 3.00 bits per heavy atom. The standard InChI is InChI=1S/C11H13N5O2/c1-16-10(13-14-15-16)7-11(17)12-8-4-3-5-9(6-8)18-2/h3-6H,7H2,1-2H3,(H,12,17). The molecular formula is C11H13N5O2. The Balaban J connectivity index is 2.01. The zero-order valence-corrected chi connectivity index (χ0v) is 10.1. The van der Waals surface area contributed by atoms with Crippen LogP contribution in [0.2, 0.25) is 0 Å². The average Bonchev–Trinajstić information content (AvgIpc) is 2.75. The number of rotatable bonds is 4. The molecule has 0 bridgehead atoms. The van der Waals surface area contributed by atoms with E-state index in [0.29, 0.717) is 17.3 Å². The van der Waals surface area contributed by atoms with Crippen LogP contribution in [0.15, 0.2) is 24.3 Å². The summed E-state index contributed by atoms with van der Waals surface area (Å²) < 4.78 is 6.54. The van der Waals surface area contributed by atoms with E-state index in [1.807, 2.05) is 6.07 Å². The summed E-state index contributed by atoms with van der Waals surface area (Å²) in [6, 6.07) is 7.14. The fourth-order valence-electron chi connectivity index (χ4n) is 1.45. The van der Waals surface area contributed by atoms with Gasteiger partial charge in [-0.15, -0.1) is 5.10 Å². The Morgan fingerprint density at radius 1 is 1.50 bits per heavy atom. The second-order valence-corrected chi connectivity index (χ2v) is 3.68. The third-order valence-electron chi connectivity index (χ3n) is 2.38. The summed E-state index contributed by atoms with van der Waals surface area (Å²) >= 11 is 0. The summed E-state index contributed by atoms with van der Waals surface area (Å²) in [4.78, 5) is 11.8. The normalized spacial score (nSPS) is 10.1. The first-order valence-corrected chi connectivity index (χ1v) is 5.34. The van der Waals surface area contributed by atoms with E-state index in [1.54, 1.807) is 32.4 Å². The van der Waals surface area contributed by atoms with Gasteiger partial charge in [-0.25, -0.2) is 4.68 Å². The van der Waals surface area contributed by atoms with Crippen molar-refractivity contribution >= 4 is 11.6 Å². The number of hydrogen-bond acceptors (Lipinski definition) is 5. The molecule has 0 atom stereocenters. The predicted octanol–water partition coefficient (Wildman–Crippen LogP) is 0.400. The van der Waals surface area contributed by atoms with Gasteiger partial charge < -0.3 is 10.1 Å². The molecule has 1 N–H and O–H groups in total. The Bertz CT molecular complexity index is 552. The summed E-state index contributed by atoms with van der Waals surface area (Å²) in [6.07, 6.45) is 0.126. The highest BCUT2D eigenvalue weighted by Gasteiger charge is 2.09. The van der Waals surface area contributed by atoms with Crippen LogP contribution in [0.5, 0.6) is 5.75 Å². The fourth-order valence-corrected chi connectivity index (χ4v) is 1.45. The maximum atomic E-state index is 11.8. The maximum absolute atomic E-state index is 11.8. The van der Waals surface area contributed by atoms with Crippen molar-refractivity contribution in [3.05, 3.63) is 30.1 Å². The minimum absolute atomic E-state index is 0.126. The molecule has 0 aliphatic heterocycles. The zero-order valence-electron chi connectivity index (χ0n) is 10.1. The number of nitrogens with zero attached hydrogens (tertiary/aromatic N) is 4. The lowest BCUT2D eigenvalue weighted by atomic mass is 10.3. The van der Waals surface area contributed by atoms with Gasteiger partial charge in [0.05, 0.1) is 13.5 Å². The summed E-state index contributed by atoms with van der Waals surface area (Å²) in [5, 5.41) is 13.6. The summed E-state index contributed by atoms with van der Waals surface area (Å²) in [7, 11) is 3.26. The number of carbonyl (C=O) groups excluding carboxylic acids is 1. The van der Waals surface area contributed by atoms with Crippen molar-refractivity contribution in [3.63, 3.8) is 0 Å². The fraction of sp³-hybridized carbons (Fsp3) is 0.273. The van der Waals surface area contributed by atoms with Crippen molar-refractivity contribution in [2.24, 2.45) is 7.05 Å². The van der Waals surface area contributed by atoms with Crippen LogP contribution in [0, 0.1) is 0 Å². The Hall–Kier alpha value is -2.44. The van der Waals surface area contributed by atoms with Crippen LogP contribution in [0.1, 0.15) is 5.82 Å². The molecule has 1 aromatic heterocycles. The van der Waals surface area contributed by atoms with Gasteiger partial charge in [0.1, 0.15) is 5.75 Å². The van der Waals surface area contributed by atoms with Crippen molar-refractivity contribution in [1.82, 2.24) is 20.2 Å². The van der Waals surface area contributed by atoms with E-state index in [-0.39, 0.29) is 12.3 Å². The number of nitrogens with one attached hydrogen (secondary N) is 1. The molecule has 2 aromatic rings. The number of amides is 1. The number of aromatic nitrogens is 4. The van der Waals surface area contributed by atoms with Crippen LogP contribution in [0.25, 0.3) is 0 Å². The topological polar surface area (TPSA) is 81.9 Å². The summed E-state index contributed by atoms with van der Waals surface area (Å²) in [5.41, 5.74) is 0.675. The molecule has 18 heavy (non-hydrogen) atoms. The molecule has 1 aromatic carbocycles. The molecule has 2 rings (SSSR count). The number of hydrogen-bond donors (Lipinski definition) is 1. The van der Waals surface area contributed by atoms with Gasteiger partial charge in [-0.3, -0.25) is 4.79 Å². The first-order valence-electron chi connectivity index (χ1n) is 5.34. The first-order chi connectivity index (χ1) is 8.69. The first kappa shape index (κ1) is 12.0. The molecule has 0 unspecified atom stereocenters. The molecular weight excluding hydrogens is 234 g/mol. The molecule has 7 heteroatoms. The zero-order chi connectivity index (χ0) is 13.0. The molecule has 1 heterocycles. The lowest BCUT2D eigenvalue weighted by molar-refractivity contribution is -0.115. The van der Waals surface area contributed by atoms with Crippen LogP contribution in [-0.2, 0) is 18.3 Å². The number of ether oxygens (including phenoxy) is 1. The van der Waals surface area contributed by atoms with E-state index in [0.717, 1.165) is 0 Å². The monoisotopic (exact) mass is 247 g/mol. The highest BCUT2D eigenvalue weighted by molar-refractivity contribution is 5.91. The van der Waals surface area contributed by atoms with Gasteiger partial charge >= 0.3 is 0 Å². The molecule has 7 nitrogen and oxygen atoms in total. The lowest BCUT2D eigenvalue weighted by Crippen LogP contribution is -2.17. The molecule has 1 amide bonds. The smallest absolute Gasteiger partial charge is 0.232 e. The number of anilines is 1. The van der Waals surface area contributed by atoms with Gasteiger partial charge in [0.15, 0.2) is 5.82 Å². The SMILES string of the molecule is COc1cccc(NC(=O)Cc2nnnn2C)c1. The van der Waals surface area contributed by atoms with Crippen LogP contribution in [-0.4, -0.2) is 33.2 Å². The van der Waals surface area contributed by atoms with Crippen molar-refractivity contribution in [2.45, 2.75) is 6.42 Å². The third kappa shape index (κ3) is 2.82. The van der Waals surface area contributed by atoms with Gasteiger partial charge in [-0.1, -0.05) is 6.07 Å². The predicted molar refractivity (Wildman–Crippen MR) is 64.1 cm³/mol. The lowest BCUT2D eigenvalue weighted by Gasteiger charge is -2.06. The van der Waals surface area contributed by atoms with E-state index in [9.17, 15) is 4.79 Å². The van der Waals surface area contributed by atoms with Crippen molar-refractivity contribution in [2.75, 3.05) is 12.4 Å². The van der Waals surface area contributed by atoms with Crippen molar-refractivity contribution in [3.8, 4) is 5.75 Å². The molecule has 0 aliphatic rings. The minimum Gasteiger partial charge on any atom is -0.497 e. The second-order valence-electron chi connectivity index (χ2n) is 3.68. The van der Waals surface area contributed by atoms with Crippen LogP contribution < -0.4 is 10.1 Å². The van der Waals surface area contributed by atoms with Crippen LogP contribution in [0.4, 0.5) is 5.69 Å². The number of aryl methyl sites for hydroxylation is 1. The average molecular weight is 247 g/mol. The molecule has 94 valence electrons. The van der Waals surface area contributed by atoms with E-state index < -0.39 is 0 Å². The van der Waals surface area contributed by atoms with E-state index >= 15 is 0 Å². The Labute approximate surface area is 104 Å². The van der Waals surface area contributed by atoms with Crippen LogP contribution in [0.3, 0.4) is 0 Å². The van der Waals surface area contributed by atoms with E-state index in [1.165, 1.54) is 4.68 Å².